The standard InChI is InChI=1S/C19H33N3O3/c1-2-25-19(24)21-12-9-17(10-13-21)22-11-5-8-16(14-22)20-18(23)15-6-3-4-7-15/h15-17H,2-14H2,1H3,(H,20,23)/t16-/m1/s1. The minimum absolute atomic E-state index is 0.179. The zero-order valence-electron chi connectivity index (χ0n) is 15.5. The van der Waals surface area contributed by atoms with E-state index in [1.165, 1.54) is 12.8 Å². The van der Waals surface area contributed by atoms with Crippen molar-refractivity contribution in [2.24, 2.45) is 5.92 Å². The number of ether oxygens (including phenoxy) is 1. The highest BCUT2D eigenvalue weighted by molar-refractivity contribution is 5.79. The van der Waals surface area contributed by atoms with E-state index in [1.807, 2.05) is 11.8 Å². The smallest absolute Gasteiger partial charge is 0.409 e. The van der Waals surface area contributed by atoms with Crippen LogP contribution in [0.4, 0.5) is 4.79 Å². The van der Waals surface area contributed by atoms with E-state index in [-0.39, 0.29) is 17.9 Å². The average Bonchev–Trinajstić information content (AvgIpc) is 3.17. The molecule has 3 rings (SSSR count). The second kappa shape index (κ2) is 8.88. The Hall–Kier alpha value is -1.30. The van der Waals surface area contributed by atoms with Gasteiger partial charge in [-0.15, -0.1) is 0 Å². The molecule has 1 saturated carbocycles. The number of piperidine rings is 2. The summed E-state index contributed by atoms with van der Waals surface area (Å²) in [6.45, 7) is 5.91. The number of nitrogens with zero attached hydrogens (tertiary/aromatic N) is 2. The van der Waals surface area contributed by atoms with Crippen molar-refractivity contribution in [3.8, 4) is 0 Å². The molecule has 142 valence electrons. The predicted molar refractivity (Wildman–Crippen MR) is 96.3 cm³/mol. The number of hydrogen-bond acceptors (Lipinski definition) is 4. The maximum atomic E-state index is 12.4. The lowest BCUT2D eigenvalue weighted by Gasteiger charge is -2.42. The molecule has 1 atom stereocenters. The number of carbonyl (C=O) groups excluding carboxylic acids is 2. The maximum Gasteiger partial charge on any atom is 0.409 e. The molecule has 0 aromatic rings. The average molecular weight is 351 g/mol. The van der Waals surface area contributed by atoms with Crippen LogP contribution in [0, 0.1) is 5.92 Å². The first-order valence-electron chi connectivity index (χ1n) is 10.1. The van der Waals surface area contributed by atoms with E-state index in [1.54, 1.807) is 0 Å². The molecule has 25 heavy (non-hydrogen) atoms. The van der Waals surface area contributed by atoms with Gasteiger partial charge in [0, 0.05) is 37.6 Å². The van der Waals surface area contributed by atoms with E-state index in [0.29, 0.717) is 18.7 Å². The Labute approximate surface area is 151 Å². The van der Waals surface area contributed by atoms with Crippen molar-refractivity contribution in [1.82, 2.24) is 15.1 Å². The third-order valence-electron chi connectivity index (χ3n) is 6.03. The van der Waals surface area contributed by atoms with Crippen LogP contribution in [0.1, 0.15) is 58.3 Å². The van der Waals surface area contributed by atoms with Crippen molar-refractivity contribution < 1.29 is 14.3 Å². The molecule has 0 aromatic heterocycles. The van der Waals surface area contributed by atoms with Crippen molar-refractivity contribution in [3.63, 3.8) is 0 Å². The van der Waals surface area contributed by atoms with Crippen LogP contribution < -0.4 is 5.32 Å². The first kappa shape index (κ1) is 18.5. The zero-order valence-corrected chi connectivity index (χ0v) is 15.5. The Balaban J connectivity index is 1.44. The molecule has 0 radical (unpaired) electrons. The summed E-state index contributed by atoms with van der Waals surface area (Å²) in [4.78, 5) is 28.6. The van der Waals surface area contributed by atoms with Gasteiger partial charge in [-0.1, -0.05) is 12.8 Å². The van der Waals surface area contributed by atoms with Crippen molar-refractivity contribution in [2.75, 3.05) is 32.8 Å². The largest absolute Gasteiger partial charge is 0.450 e. The van der Waals surface area contributed by atoms with Crippen LogP contribution in [0.25, 0.3) is 0 Å². The van der Waals surface area contributed by atoms with Crippen LogP contribution in [0.5, 0.6) is 0 Å². The molecule has 2 saturated heterocycles. The van der Waals surface area contributed by atoms with Gasteiger partial charge in [0.15, 0.2) is 0 Å². The number of rotatable bonds is 4. The topological polar surface area (TPSA) is 61.9 Å². The van der Waals surface area contributed by atoms with Gasteiger partial charge in [-0.25, -0.2) is 4.79 Å². The molecule has 0 bridgehead atoms. The fourth-order valence-electron chi connectivity index (χ4n) is 4.59. The lowest BCUT2D eigenvalue weighted by Crippen LogP contribution is -2.54. The van der Waals surface area contributed by atoms with E-state index in [2.05, 4.69) is 10.2 Å². The highest BCUT2D eigenvalue weighted by Gasteiger charge is 2.32. The van der Waals surface area contributed by atoms with Gasteiger partial charge >= 0.3 is 6.09 Å². The highest BCUT2D eigenvalue weighted by atomic mass is 16.6. The second-order valence-corrected chi connectivity index (χ2v) is 7.74. The van der Waals surface area contributed by atoms with Crippen molar-refractivity contribution in [3.05, 3.63) is 0 Å². The normalized spacial score (nSPS) is 26.6. The SMILES string of the molecule is CCOC(=O)N1CCC(N2CCC[C@@H](NC(=O)C3CCCC3)C2)CC1. The molecular formula is C19H33N3O3. The fraction of sp³-hybridized carbons (Fsp3) is 0.895. The quantitative estimate of drug-likeness (QED) is 0.845. The molecule has 3 fully saturated rings. The van der Waals surface area contributed by atoms with E-state index >= 15 is 0 Å². The molecule has 0 unspecified atom stereocenters. The molecule has 2 amide bonds. The van der Waals surface area contributed by atoms with Gasteiger partial charge < -0.3 is 15.0 Å². The number of amides is 2. The molecule has 0 spiro atoms. The predicted octanol–water partition coefficient (Wildman–Crippen LogP) is 2.38. The Morgan fingerprint density at radius 1 is 1.00 bits per heavy atom. The summed E-state index contributed by atoms with van der Waals surface area (Å²) in [5, 5.41) is 3.31. The summed E-state index contributed by atoms with van der Waals surface area (Å²) in [6, 6.07) is 0.821. The summed E-state index contributed by atoms with van der Waals surface area (Å²) in [6.07, 6.45) is 8.60. The molecule has 3 aliphatic rings. The van der Waals surface area contributed by atoms with Crippen LogP contribution in [-0.4, -0.2) is 66.7 Å². The second-order valence-electron chi connectivity index (χ2n) is 7.74. The number of hydrogen-bond donors (Lipinski definition) is 1. The van der Waals surface area contributed by atoms with Gasteiger partial charge in [-0.05, 0) is 52.0 Å². The van der Waals surface area contributed by atoms with Gasteiger partial charge in [-0.2, -0.15) is 0 Å². The van der Waals surface area contributed by atoms with Gasteiger partial charge in [-0.3, -0.25) is 9.69 Å². The van der Waals surface area contributed by atoms with Gasteiger partial charge in [0.2, 0.25) is 5.91 Å². The van der Waals surface area contributed by atoms with Crippen LogP contribution >= 0.6 is 0 Å². The van der Waals surface area contributed by atoms with Crippen molar-refractivity contribution in [1.29, 1.82) is 0 Å². The number of likely N-dealkylation sites (tertiary alicyclic amines) is 2. The van der Waals surface area contributed by atoms with Crippen LogP contribution in [0.3, 0.4) is 0 Å². The van der Waals surface area contributed by atoms with Crippen LogP contribution in [-0.2, 0) is 9.53 Å². The monoisotopic (exact) mass is 351 g/mol. The summed E-state index contributed by atoms with van der Waals surface area (Å²) < 4.78 is 5.10. The van der Waals surface area contributed by atoms with E-state index in [0.717, 1.165) is 64.7 Å². The van der Waals surface area contributed by atoms with Gasteiger partial charge in [0.1, 0.15) is 0 Å². The molecule has 1 N–H and O–H groups in total. The first-order chi connectivity index (χ1) is 12.2. The molecule has 2 aliphatic heterocycles. The Kier molecular flexibility index (Phi) is 6.57. The molecule has 0 aromatic carbocycles. The van der Waals surface area contributed by atoms with Crippen LogP contribution in [0.2, 0.25) is 0 Å². The van der Waals surface area contributed by atoms with E-state index < -0.39 is 0 Å². The van der Waals surface area contributed by atoms with Crippen LogP contribution in [0.15, 0.2) is 0 Å². The summed E-state index contributed by atoms with van der Waals surface area (Å²) in [5.74, 6) is 0.532. The molecule has 6 nitrogen and oxygen atoms in total. The third-order valence-corrected chi connectivity index (χ3v) is 6.03. The highest BCUT2D eigenvalue weighted by Crippen LogP contribution is 2.26. The lowest BCUT2D eigenvalue weighted by molar-refractivity contribution is -0.126. The Morgan fingerprint density at radius 2 is 1.72 bits per heavy atom. The number of nitrogens with one attached hydrogen (secondary N) is 1. The maximum absolute atomic E-state index is 12.4. The van der Waals surface area contributed by atoms with Crippen molar-refractivity contribution in [2.45, 2.75) is 70.4 Å². The number of carbonyl (C=O) groups is 2. The Morgan fingerprint density at radius 3 is 2.40 bits per heavy atom. The van der Waals surface area contributed by atoms with E-state index in [9.17, 15) is 9.59 Å². The zero-order chi connectivity index (χ0) is 17.6. The molecule has 6 heteroatoms. The van der Waals surface area contributed by atoms with E-state index in [4.69, 9.17) is 4.74 Å². The third kappa shape index (κ3) is 4.87. The summed E-state index contributed by atoms with van der Waals surface area (Å²) in [7, 11) is 0. The van der Waals surface area contributed by atoms with Gasteiger partial charge in [0.05, 0.1) is 6.61 Å². The Bertz CT molecular complexity index is 457. The minimum Gasteiger partial charge on any atom is -0.450 e. The minimum atomic E-state index is -0.179. The fourth-order valence-corrected chi connectivity index (χ4v) is 4.59. The molecule has 2 heterocycles. The lowest BCUT2D eigenvalue weighted by atomic mass is 9.97. The summed E-state index contributed by atoms with van der Waals surface area (Å²) in [5.41, 5.74) is 0. The van der Waals surface area contributed by atoms with Gasteiger partial charge in [0.25, 0.3) is 0 Å². The van der Waals surface area contributed by atoms with Crippen molar-refractivity contribution >= 4 is 12.0 Å². The summed E-state index contributed by atoms with van der Waals surface area (Å²) >= 11 is 0. The molecule has 1 aliphatic carbocycles. The molecular weight excluding hydrogens is 318 g/mol. The first-order valence-corrected chi connectivity index (χ1v) is 10.1.